The lowest BCUT2D eigenvalue weighted by Crippen LogP contribution is -2.09. The van der Waals surface area contributed by atoms with Gasteiger partial charge < -0.3 is 9.47 Å². The molecular weight excluding hydrogens is 613 g/mol. The fourth-order valence-electron chi connectivity index (χ4n) is 7.62. The monoisotopic (exact) mass is 642 g/mol. The molecule has 0 bridgehead atoms. The zero-order chi connectivity index (χ0) is 32.3. The Morgan fingerprint density at radius 2 is 1.02 bits per heavy atom. The maximum absolute atomic E-state index is 2.42. The van der Waals surface area contributed by atoms with Gasteiger partial charge in [0.2, 0.25) is 0 Å². The Hall–Kier alpha value is -6.16. The summed E-state index contributed by atoms with van der Waals surface area (Å²) in [6, 6.07) is 66.2. The zero-order valence-electron chi connectivity index (χ0n) is 26.6. The molecule has 0 saturated heterocycles. The van der Waals surface area contributed by atoms with Gasteiger partial charge >= 0.3 is 0 Å². The van der Waals surface area contributed by atoms with Gasteiger partial charge in [-0.15, -0.1) is 11.3 Å². The van der Waals surface area contributed by atoms with Crippen LogP contribution in [0.1, 0.15) is 0 Å². The predicted molar refractivity (Wildman–Crippen MR) is 211 cm³/mol. The quantitative estimate of drug-likeness (QED) is 0.181. The molecule has 49 heavy (non-hydrogen) atoms. The smallest absolute Gasteiger partial charge is 0.0547 e. The minimum absolute atomic E-state index is 1.12. The van der Waals surface area contributed by atoms with E-state index in [1.54, 1.807) is 0 Å². The molecule has 0 aliphatic carbocycles. The maximum Gasteiger partial charge on any atom is 0.0547 e. The van der Waals surface area contributed by atoms with Crippen molar-refractivity contribution >= 4 is 81.1 Å². The first-order valence-corrected chi connectivity index (χ1v) is 17.5. The van der Waals surface area contributed by atoms with Gasteiger partial charge in [-0.3, -0.25) is 0 Å². The second-order valence-corrected chi connectivity index (χ2v) is 13.6. The number of aromatic nitrogens is 1. The second-order valence-electron chi connectivity index (χ2n) is 12.5. The van der Waals surface area contributed by atoms with E-state index in [1.807, 2.05) is 11.3 Å². The molecule has 10 aromatic rings. The molecule has 0 radical (unpaired) electrons. The lowest BCUT2D eigenvalue weighted by molar-refractivity contribution is 1.18. The first kappa shape index (κ1) is 27.9. The van der Waals surface area contributed by atoms with Crippen molar-refractivity contribution in [3.05, 3.63) is 182 Å². The minimum Gasteiger partial charge on any atom is -0.310 e. The molecule has 2 aromatic heterocycles. The number of hydrogen-bond donors (Lipinski definition) is 0. The van der Waals surface area contributed by atoms with Crippen LogP contribution in [0.2, 0.25) is 0 Å². The van der Waals surface area contributed by atoms with Crippen LogP contribution in [0, 0.1) is 0 Å². The maximum atomic E-state index is 2.42. The number of rotatable bonds is 5. The van der Waals surface area contributed by atoms with Crippen LogP contribution in [0.15, 0.2) is 182 Å². The molecule has 230 valence electrons. The molecule has 2 nitrogen and oxygen atoms in total. The summed E-state index contributed by atoms with van der Waals surface area (Å²) in [4.78, 5) is 2.40. The van der Waals surface area contributed by atoms with Gasteiger partial charge in [-0.1, -0.05) is 109 Å². The van der Waals surface area contributed by atoms with E-state index in [4.69, 9.17) is 0 Å². The Labute approximate surface area is 288 Å². The van der Waals surface area contributed by atoms with Crippen LogP contribution in [0.25, 0.3) is 69.6 Å². The highest BCUT2D eigenvalue weighted by molar-refractivity contribution is 7.25. The molecule has 0 amide bonds. The van der Waals surface area contributed by atoms with E-state index >= 15 is 0 Å². The van der Waals surface area contributed by atoms with Crippen molar-refractivity contribution in [2.24, 2.45) is 0 Å². The molecular formula is C46H30N2S. The highest BCUT2D eigenvalue weighted by Crippen LogP contribution is 2.45. The van der Waals surface area contributed by atoms with Crippen LogP contribution in [0.5, 0.6) is 0 Å². The van der Waals surface area contributed by atoms with E-state index in [-0.39, 0.29) is 0 Å². The standard InChI is InChI=1S/C46H30N2S/c1-3-15-32(16-4-1)47(35-26-28-45-40(29-35)38-20-9-10-24-44(38)49-45)34-25-27-42-41(30-34)46-39(37-21-11-14-31-13-7-8-19-36(31)37)22-12-23-43(46)48(42)33-17-5-2-6-18-33/h1-30H. The lowest BCUT2D eigenvalue weighted by Gasteiger charge is -2.26. The number of para-hydroxylation sites is 2. The molecule has 0 saturated carbocycles. The van der Waals surface area contributed by atoms with E-state index < -0.39 is 0 Å². The van der Waals surface area contributed by atoms with E-state index in [1.165, 1.54) is 63.9 Å². The highest BCUT2D eigenvalue weighted by atomic mass is 32.1. The molecule has 0 aliphatic heterocycles. The number of fused-ring (bicyclic) bond motifs is 7. The van der Waals surface area contributed by atoms with E-state index in [0.717, 1.165) is 22.7 Å². The summed E-state index contributed by atoms with van der Waals surface area (Å²) in [5, 5.41) is 7.58. The van der Waals surface area contributed by atoms with Crippen molar-refractivity contribution < 1.29 is 0 Å². The number of hydrogen-bond acceptors (Lipinski definition) is 2. The molecule has 10 rings (SSSR count). The Morgan fingerprint density at radius 1 is 0.388 bits per heavy atom. The predicted octanol–water partition coefficient (Wildman–Crippen LogP) is 13.4. The molecule has 0 spiro atoms. The van der Waals surface area contributed by atoms with Crippen LogP contribution < -0.4 is 4.90 Å². The molecule has 0 N–H and O–H groups in total. The molecule has 3 heteroatoms. The van der Waals surface area contributed by atoms with Gasteiger partial charge in [0.15, 0.2) is 0 Å². The zero-order valence-corrected chi connectivity index (χ0v) is 27.4. The van der Waals surface area contributed by atoms with Crippen molar-refractivity contribution in [2.75, 3.05) is 4.90 Å². The van der Waals surface area contributed by atoms with Crippen molar-refractivity contribution in [3.63, 3.8) is 0 Å². The lowest BCUT2D eigenvalue weighted by atomic mass is 9.94. The van der Waals surface area contributed by atoms with E-state index in [9.17, 15) is 0 Å². The Bertz CT molecular complexity index is 2820. The Balaban J connectivity index is 1.27. The molecule has 0 unspecified atom stereocenters. The Kier molecular flexibility index (Phi) is 6.39. The number of thiophene rings is 1. The summed E-state index contributed by atoms with van der Waals surface area (Å²) in [5.41, 5.74) is 9.41. The number of benzene rings is 8. The van der Waals surface area contributed by atoms with Gasteiger partial charge in [0, 0.05) is 53.7 Å². The van der Waals surface area contributed by atoms with Crippen molar-refractivity contribution in [1.82, 2.24) is 4.57 Å². The first-order chi connectivity index (χ1) is 24.3. The van der Waals surface area contributed by atoms with Gasteiger partial charge in [0.1, 0.15) is 0 Å². The molecule has 0 aliphatic rings. The first-order valence-electron chi connectivity index (χ1n) is 16.7. The summed E-state index contributed by atoms with van der Waals surface area (Å²) in [7, 11) is 0. The van der Waals surface area contributed by atoms with Crippen LogP contribution in [0.3, 0.4) is 0 Å². The fourth-order valence-corrected chi connectivity index (χ4v) is 8.70. The summed E-state index contributed by atoms with van der Waals surface area (Å²) in [6.07, 6.45) is 0. The molecule has 2 heterocycles. The van der Waals surface area contributed by atoms with Crippen molar-refractivity contribution in [1.29, 1.82) is 0 Å². The molecule has 8 aromatic carbocycles. The SMILES string of the molecule is c1ccc(N(c2ccc3sc4ccccc4c3c2)c2ccc3c(c2)c2c(-c4cccc5ccccc45)cccc2n3-c2ccccc2)cc1. The summed E-state index contributed by atoms with van der Waals surface area (Å²) < 4.78 is 5.04. The number of anilines is 3. The minimum atomic E-state index is 1.12. The molecule has 0 fully saturated rings. The Morgan fingerprint density at radius 3 is 1.88 bits per heavy atom. The van der Waals surface area contributed by atoms with Gasteiger partial charge in [-0.05, 0) is 94.7 Å². The van der Waals surface area contributed by atoms with E-state index in [2.05, 4.69) is 191 Å². The summed E-state index contributed by atoms with van der Waals surface area (Å²) >= 11 is 1.86. The van der Waals surface area contributed by atoms with Crippen molar-refractivity contribution in [3.8, 4) is 16.8 Å². The van der Waals surface area contributed by atoms with E-state index in [0.29, 0.717) is 0 Å². The van der Waals surface area contributed by atoms with Crippen LogP contribution >= 0.6 is 11.3 Å². The molecule has 0 atom stereocenters. The van der Waals surface area contributed by atoms with Gasteiger partial charge in [-0.25, -0.2) is 0 Å². The van der Waals surface area contributed by atoms with Gasteiger partial charge in [0.25, 0.3) is 0 Å². The third-order valence-electron chi connectivity index (χ3n) is 9.76. The third-order valence-corrected chi connectivity index (χ3v) is 10.9. The summed E-state index contributed by atoms with van der Waals surface area (Å²) in [5.74, 6) is 0. The van der Waals surface area contributed by atoms with Gasteiger partial charge in [0.05, 0.1) is 11.0 Å². The average molecular weight is 643 g/mol. The largest absolute Gasteiger partial charge is 0.310 e. The van der Waals surface area contributed by atoms with Crippen LogP contribution in [0.4, 0.5) is 17.1 Å². The summed E-state index contributed by atoms with van der Waals surface area (Å²) in [6.45, 7) is 0. The normalized spacial score (nSPS) is 11.7. The highest BCUT2D eigenvalue weighted by Gasteiger charge is 2.20. The topological polar surface area (TPSA) is 8.17 Å². The average Bonchev–Trinajstić information content (AvgIpc) is 3.71. The van der Waals surface area contributed by atoms with Crippen LogP contribution in [-0.4, -0.2) is 4.57 Å². The number of nitrogens with zero attached hydrogens (tertiary/aromatic N) is 2. The fraction of sp³-hybridized carbons (Fsp3) is 0. The van der Waals surface area contributed by atoms with Gasteiger partial charge in [-0.2, -0.15) is 0 Å². The van der Waals surface area contributed by atoms with Crippen LogP contribution in [-0.2, 0) is 0 Å². The van der Waals surface area contributed by atoms with Crippen molar-refractivity contribution in [2.45, 2.75) is 0 Å². The second kappa shape index (κ2) is 11.2. The third kappa shape index (κ3) is 4.47.